The summed E-state index contributed by atoms with van der Waals surface area (Å²) in [6.07, 6.45) is 2.35. The molecule has 1 aliphatic carbocycles. The molecule has 7 nitrogen and oxygen atoms in total. The van der Waals surface area contributed by atoms with Gasteiger partial charge >= 0.3 is 0 Å². The molecular formula is C18H21FN4O3S. The average molecular weight is 392 g/mol. The third-order valence-corrected chi connectivity index (χ3v) is 6.89. The van der Waals surface area contributed by atoms with Crippen LogP contribution in [-0.2, 0) is 10.0 Å². The second kappa shape index (κ2) is 7.05. The highest BCUT2D eigenvalue weighted by Crippen LogP contribution is 2.38. The number of aromatic nitrogens is 2. The first-order valence-electron chi connectivity index (χ1n) is 8.91. The molecule has 1 saturated heterocycles. The third-order valence-electron chi connectivity index (χ3n) is 4.97. The van der Waals surface area contributed by atoms with Crippen LogP contribution in [0.1, 0.15) is 24.5 Å². The predicted molar refractivity (Wildman–Crippen MR) is 97.9 cm³/mol. The van der Waals surface area contributed by atoms with Gasteiger partial charge < -0.3 is 9.64 Å². The number of piperazine rings is 1. The van der Waals surface area contributed by atoms with Crippen LogP contribution in [0, 0.1) is 5.82 Å². The van der Waals surface area contributed by atoms with Gasteiger partial charge in [-0.05, 0) is 43.2 Å². The maximum absolute atomic E-state index is 13.6. The van der Waals surface area contributed by atoms with Crippen molar-refractivity contribution in [3.63, 3.8) is 0 Å². The van der Waals surface area contributed by atoms with E-state index in [0.29, 0.717) is 19.0 Å². The van der Waals surface area contributed by atoms with Crippen LogP contribution in [-0.4, -0.2) is 56.2 Å². The third kappa shape index (κ3) is 3.61. The number of methoxy groups -OCH3 is 1. The van der Waals surface area contributed by atoms with E-state index in [-0.39, 0.29) is 23.7 Å². The first-order chi connectivity index (χ1) is 13.0. The van der Waals surface area contributed by atoms with E-state index in [0.717, 1.165) is 17.6 Å². The maximum Gasteiger partial charge on any atom is 0.246 e. The number of sulfonamides is 1. The second-order valence-electron chi connectivity index (χ2n) is 6.78. The fraction of sp³-hybridized carbons (Fsp3) is 0.444. The maximum atomic E-state index is 13.6. The van der Waals surface area contributed by atoms with Gasteiger partial charge in [-0.3, -0.25) is 0 Å². The lowest BCUT2D eigenvalue weighted by Crippen LogP contribution is -2.49. The summed E-state index contributed by atoms with van der Waals surface area (Å²) in [5, 5.41) is 8.57. The highest BCUT2D eigenvalue weighted by atomic mass is 32.2. The number of hydrogen-bond acceptors (Lipinski definition) is 6. The number of halogens is 1. The molecule has 1 aromatic heterocycles. The molecule has 1 aromatic carbocycles. The molecule has 0 spiro atoms. The van der Waals surface area contributed by atoms with Crippen molar-refractivity contribution in [3.8, 4) is 5.75 Å². The fourth-order valence-electron chi connectivity index (χ4n) is 3.25. The molecule has 0 amide bonds. The molecular weight excluding hydrogens is 371 g/mol. The quantitative estimate of drug-likeness (QED) is 0.775. The van der Waals surface area contributed by atoms with Gasteiger partial charge in [-0.25, -0.2) is 12.8 Å². The van der Waals surface area contributed by atoms with Gasteiger partial charge in [-0.1, -0.05) is 0 Å². The molecule has 2 heterocycles. The summed E-state index contributed by atoms with van der Waals surface area (Å²) in [4.78, 5) is 1.87. The minimum Gasteiger partial charge on any atom is -0.495 e. The molecule has 2 aliphatic rings. The molecule has 2 aromatic rings. The summed E-state index contributed by atoms with van der Waals surface area (Å²) in [7, 11) is -2.47. The van der Waals surface area contributed by atoms with Crippen LogP contribution >= 0.6 is 0 Å². The summed E-state index contributed by atoms with van der Waals surface area (Å²) in [5.74, 6) is 0.828. The molecule has 0 unspecified atom stereocenters. The highest BCUT2D eigenvalue weighted by Gasteiger charge is 2.32. The molecule has 1 saturated carbocycles. The molecule has 27 heavy (non-hydrogen) atoms. The van der Waals surface area contributed by atoms with Gasteiger partial charge in [-0.2, -0.15) is 9.40 Å². The summed E-state index contributed by atoms with van der Waals surface area (Å²) in [6.45, 7) is 1.56. The lowest BCUT2D eigenvalue weighted by molar-refractivity contribution is 0.372. The number of ether oxygens (including phenoxy) is 1. The normalized spacial score (nSPS) is 18.5. The number of anilines is 1. The van der Waals surface area contributed by atoms with Gasteiger partial charge in [0.05, 0.1) is 12.8 Å². The SMILES string of the molecule is COc1ccc(F)cc1S(=O)(=O)N1CCN(c2ccc(C3CC3)nn2)CC1. The Bertz CT molecular complexity index is 924. The van der Waals surface area contributed by atoms with Crippen LogP contribution in [0.15, 0.2) is 35.2 Å². The van der Waals surface area contributed by atoms with E-state index in [4.69, 9.17) is 4.74 Å². The first kappa shape index (κ1) is 18.1. The van der Waals surface area contributed by atoms with Gasteiger partial charge in [0, 0.05) is 32.1 Å². The average Bonchev–Trinajstić information content (AvgIpc) is 3.53. The Morgan fingerprint density at radius 3 is 2.41 bits per heavy atom. The molecule has 0 N–H and O–H groups in total. The molecule has 0 radical (unpaired) electrons. The van der Waals surface area contributed by atoms with E-state index in [1.54, 1.807) is 0 Å². The van der Waals surface area contributed by atoms with Crippen LogP contribution < -0.4 is 9.64 Å². The van der Waals surface area contributed by atoms with Crippen molar-refractivity contribution in [1.29, 1.82) is 0 Å². The zero-order chi connectivity index (χ0) is 19.0. The second-order valence-corrected chi connectivity index (χ2v) is 8.68. The van der Waals surface area contributed by atoms with E-state index < -0.39 is 15.8 Å². The van der Waals surface area contributed by atoms with Gasteiger partial charge in [0.15, 0.2) is 5.82 Å². The topological polar surface area (TPSA) is 75.6 Å². The Hall–Kier alpha value is -2.26. The Morgan fingerprint density at radius 2 is 1.81 bits per heavy atom. The Balaban J connectivity index is 1.47. The smallest absolute Gasteiger partial charge is 0.246 e. The largest absolute Gasteiger partial charge is 0.495 e. The summed E-state index contributed by atoms with van der Waals surface area (Å²) in [6, 6.07) is 7.46. The molecule has 0 bridgehead atoms. The molecule has 9 heteroatoms. The Morgan fingerprint density at radius 1 is 1.07 bits per heavy atom. The zero-order valence-electron chi connectivity index (χ0n) is 15.0. The Labute approximate surface area is 157 Å². The van der Waals surface area contributed by atoms with Crippen molar-refractivity contribution < 1.29 is 17.5 Å². The highest BCUT2D eigenvalue weighted by molar-refractivity contribution is 7.89. The van der Waals surface area contributed by atoms with Gasteiger partial charge in [-0.15, -0.1) is 5.10 Å². The van der Waals surface area contributed by atoms with Crippen LogP contribution in [0.3, 0.4) is 0 Å². The number of benzene rings is 1. The van der Waals surface area contributed by atoms with Gasteiger partial charge in [0.2, 0.25) is 10.0 Å². The van der Waals surface area contributed by atoms with E-state index in [2.05, 4.69) is 10.2 Å². The standard InChI is InChI=1S/C18H21FN4O3S/c1-26-16-6-4-14(19)12-17(16)27(24,25)23-10-8-22(9-11-23)18-7-5-15(20-21-18)13-2-3-13/h4-7,12-13H,2-3,8-11H2,1H3. The van der Waals surface area contributed by atoms with Crippen LogP contribution in [0.25, 0.3) is 0 Å². The van der Waals surface area contributed by atoms with E-state index in [9.17, 15) is 12.8 Å². The molecule has 144 valence electrons. The molecule has 0 atom stereocenters. The minimum absolute atomic E-state index is 0.139. The first-order valence-corrected chi connectivity index (χ1v) is 10.4. The minimum atomic E-state index is -3.84. The number of hydrogen-bond donors (Lipinski definition) is 0. The van der Waals surface area contributed by atoms with E-state index in [1.807, 2.05) is 17.0 Å². The summed E-state index contributed by atoms with van der Waals surface area (Å²) in [5.41, 5.74) is 1.03. The van der Waals surface area contributed by atoms with Crippen LogP contribution in [0.4, 0.5) is 10.2 Å². The fourth-order valence-corrected chi connectivity index (χ4v) is 4.84. The lowest BCUT2D eigenvalue weighted by Gasteiger charge is -2.34. The van der Waals surface area contributed by atoms with Crippen LogP contribution in [0.5, 0.6) is 5.75 Å². The summed E-state index contributed by atoms with van der Waals surface area (Å²) < 4.78 is 45.9. The predicted octanol–water partition coefficient (Wildman–Crippen LogP) is 2.01. The lowest BCUT2D eigenvalue weighted by atomic mass is 10.2. The van der Waals surface area contributed by atoms with Crippen LogP contribution in [0.2, 0.25) is 0 Å². The van der Waals surface area contributed by atoms with Crippen molar-refractivity contribution in [1.82, 2.24) is 14.5 Å². The summed E-state index contributed by atoms with van der Waals surface area (Å²) >= 11 is 0. The number of nitrogens with zero attached hydrogens (tertiary/aromatic N) is 4. The van der Waals surface area contributed by atoms with E-state index >= 15 is 0 Å². The zero-order valence-corrected chi connectivity index (χ0v) is 15.8. The van der Waals surface area contributed by atoms with Gasteiger partial charge in [0.25, 0.3) is 0 Å². The van der Waals surface area contributed by atoms with Crippen molar-refractivity contribution >= 4 is 15.8 Å². The van der Waals surface area contributed by atoms with Gasteiger partial charge in [0.1, 0.15) is 16.5 Å². The molecule has 4 rings (SSSR count). The van der Waals surface area contributed by atoms with Crippen molar-refractivity contribution in [2.24, 2.45) is 0 Å². The van der Waals surface area contributed by atoms with Crippen molar-refractivity contribution in [2.45, 2.75) is 23.7 Å². The molecule has 1 aliphatic heterocycles. The number of rotatable bonds is 5. The van der Waals surface area contributed by atoms with E-state index in [1.165, 1.54) is 36.4 Å². The Kier molecular flexibility index (Phi) is 4.73. The molecule has 2 fully saturated rings. The monoisotopic (exact) mass is 392 g/mol. The van der Waals surface area contributed by atoms with Crippen molar-refractivity contribution in [3.05, 3.63) is 41.8 Å². The van der Waals surface area contributed by atoms with Crippen molar-refractivity contribution in [2.75, 3.05) is 38.2 Å².